The molecule has 1 aromatic heterocycles. The van der Waals surface area contributed by atoms with Gasteiger partial charge in [0.05, 0.1) is 6.04 Å². The second kappa shape index (κ2) is 8.59. The highest BCUT2D eigenvalue weighted by Gasteiger charge is 2.49. The van der Waals surface area contributed by atoms with Crippen molar-refractivity contribution < 1.29 is 36.0 Å². The van der Waals surface area contributed by atoms with Crippen LogP contribution >= 0.6 is 0 Å². The Hall–Kier alpha value is -2.45. The number of ether oxygens (including phenoxy) is 1. The van der Waals surface area contributed by atoms with E-state index in [9.17, 15) is 18.0 Å². The molecule has 174 valence electrons. The van der Waals surface area contributed by atoms with E-state index in [1.165, 1.54) is 9.80 Å². The first-order valence-electron chi connectivity index (χ1n) is 9.87. The molecule has 2 saturated heterocycles. The van der Waals surface area contributed by atoms with Crippen molar-refractivity contribution in [3.8, 4) is 0 Å². The van der Waals surface area contributed by atoms with Crippen molar-refractivity contribution >= 4 is 22.5 Å². The largest absolute Gasteiger partial charge is 0.444 e. The third-order valence-corrected chi connectivity index (χ3v) is 5.20. The lowest BCUT2D eigenvalue weighted by Crippen LogP contribution is -2.35. The first kappa shape index (κ1) is 23.2. The van der Waals surface area contributed by atoms with Crippen molar-refractivity contribution in [2.45, 2.75) is 64.1 Å². The van der Waals surface area contributed by atoms with Crippen LogP contribution in [-0.2, 0) is 25.8 Å². The Morgan fingerprint density at radius 2 is 2.03 bits per heavy atom. The maximum Gasteiger partial charge on any atom is 0.418 e. The molecule has 3 amide bonds. The van der Waals surface area contributed by atoms with E-state index in [-0.39, 0.29) is 12.4 Å². The number of aryl methyl sites for hydroxylation is 1. The van der Waals surface area contributed by atoms with Gasteiger partial charge in [0, 0.05) is 26.6 Å². The molecule has 2 bridgehead atoms. The number of hydroxylamine groups is 2. The zero-order chi connectivity index (χ0) is 23.0. The summed E-state index contributed by atoms with van der Waals surface area (Å²) in [5, 5.41) is 8.70. The van der Waals surface area contributed by atoms with Crippen LogP contribution in [0.25, 0.3) is 0 Å². The van der Waals surface area contributed by atoms with E-state index in [2.05, 4.69) is 14.5 Å². The minimum Gasteiger partial charge on any atom is -0.444 e. The molecule has 0 saturated carbocycles. The molecule has 2 fully saturated rings. The number of nitrogens with zero attached hydrogens (tertiary/aromatic N) is 5. The summed E-state index contributed by atoms with van der Waals surface area (Å²) in [6.07, 6.45) is 1.51. The molecular weight excluding hydrogens is 434 g/mol. The van der Waals surface area contributed by atoms with Gasteiger partial charge in [0.25, 0.3) is 0 Å². The van der Waals surface area contributed by atoms with Crippen molar-refractivity contribution in [2.75, 3.05) is 20.1 Å². The molecule has 1 N–H and O–H groups in total. The van der Waals surface area contributed by atoms with Gasteiger partial charge in [-0.15, -0.1) is 14.5 Å². The summed E-state index contributed by atoms with van der Waals surface area (Å²) in [4.78, 5) is 27.3. The van der Waals surface area contributed by atoms with Gasteiger partial charge < -0.3 is 19.0 Å². The molecule has 2 atom stereocenters. The molecule has 0 radical (unpaired) electrons. The zero-order valence-corrected chi connectivity index (χ0v) is 18.7. The Morgan fingerprint density at radius 1 is 1.32 bits per heavy atom. The maximum absolute atomic E-state index is 12.5. The lowest BCUT2D eigenvalue weighted by atomic mass is 10.0. The lowest BCUT2D eigenvalue weighted by Gasteiger charge is -2.27. The third kappa shape index (κ3) is 5.83. The number of carbonyl (C=O) groups excluding carboxylic acids is 2. The minimum atomic E-state index is -4.80. The Morgan fingerprint density at radius 3 is 2.68 bits per heavy atom. The van der Waals surface area contributed by atoms with E-state index in [0.717, 1.165) is 0 Å². The fourth-order valence-electron chi connectivity index (χ4n) is 3.49. The molecule has 2 aliphatic rings. The molecule has 3 heterocycles. The van der Waals surface area contributed by atoms with Crippen molar-refractivity contribution in [3.05, 3.63) is 11.8 Å². The van der Waals surface area contributed by atoms with Crippen LogP contribution in [0.1, 0.15) is 57.9 Å². The molecule has 0 unspecified atom stereocenters. The number of carbonyl (C=O) groups is 2. The van der Waals surface area contributed by atoms with Crippen LogP contribution in [-0.4, -0.2) is 81.9 Å². The quantitative estimate of drug-likeness (QED) is 0.591. The van der Waals surface area contributed by atoms with Gasteiger partial charge in [-0.05, 0) is 40.0 Å². The van der Waals surface area contributed by atoms with Crippen molar-refractivity contribution in [2.24, 2.45) is 0 Å². The normalized spacial score (nSPS) is 21.5. The number of piperidine rings is 1. The van der Waals surface area contributed by atoms with Gasteiger partial charge in [0.2, 0.25) is 11.8 Å². The molecule has 14 heteroatoms. The van der Waals surface area contributed by atoms with Gasteiger partial charge in [-0.25, -0.2) is 9.59 Å². The topological polar surface area (TPSA) is 156 Å². The maximum atomic E-state index is 12.5. The van der Waals surface area contributed by atoms with E-state index in [1.807, 2.05) is 0 Å². The average molecular weight is 461 g/mol. The molecule has 3 rings (SSSR count). The van der Waals surface area contributed by atoms with Gasteiger partial charge in [0.15, 0.2) is 0 Å². The summed E-state index contributed by atoms with van der Waals surface area (Å²) < 4.78 is 46.2. The SMILES string of the molecule is CN(CCCc1nnc([C@@H]2CC[C@@H]3CN2C(=O)N3OS(=O)(=O)O)o1)C(=O)OC(C)(C)C. The second-order valence-corrected chi connectivity index (χ2v) is 9.55. The van der Waals surface area contributed by atoms with Crippen LogP contribution < -0.4 is 0 Å². The Bertz CT molecular complexity index is 927. The number of aromatic nitrogens is 2. The third-order valence-electron chi connectivity index (χ3n) is 4.85. The fraction of sp³-hybridized carbons (Fsp3) is 0.765. The van der Waals surface area contributed by atoms with Gasteiger partial charge in [0.1, 0.15) is 11.6 Å². The summed E-state index contributed by atoms with van der Waals surface area (Å²) in [5.74, 6) is 0.614. The predicted molar refractivity (Wildman–Crippen MR) is 104 cm³/mol. The Labute approximate surface area is 180 Å². The molecular formula is C17H27N5O8S. The lowest BCUT2D eigenvalue weighted by molar-refractivity contribution is -0.0317. The van der Waals surface area contributed by atoms with Gasteiger partial charge in [-0.3, -0.25) is 4.55 Å². The van der Waals surface area contributed by atoms with Crippen molar-refractivity contribution in [3.63, 3.8) is 0 Å². The number of urea groups is 1. The summed E-state index contributed by atoms with van der Waals surface area (Å²) in [7, 11) is -3.16. The fourth-order valence-corrected chi connectivity index (χ4v) is 3.88. The first-order chi connectivity index (χ1) is 14.3. The van der Waals surface area contributed by atoms with Crippen molar-refractivity contribution in [1.82, 2.24) is 25.1 Å². The highest BCUT2D eigenvalue weighted by atomic mass is 32.3. The zero-order valence-electron chi connectivity index (χ0n) is 17.8. The summed E-state index contributed by atoms with van der Waals surface area (Å²) in [6.45, 7) is 6.05. The van der Waals surface area contributed by atoms with Crippen LogP contribution in [0.5, 0.6) is 0 Å². The standard InChI is InChI=1S/C17H27N5O8S/c1-17(2,3)29-16(24)20(4)9-5-6-13-18-19-14(28-13)12-8-7-11-10-21(12)15(23)22(11)30-31(25,26)27/h11-12H,5-10H2,1-4H3,(H,25,26,27)/t11-,12+/m1/s1. The van der Waals surface area contributed by atoms with E-state index in [4.69, 9.17) is 13.7 Å². The number of hydrogen-bond acceptors (Lipinski definition) is 9. The molecule has 1 aromatic rings. The number of fused-ring (bicyclic) bond motifs is 2. The minimum absolute atomic E-state index is 0.220. The van der Waals surface area contributed by atoms with Crippen LogP contribution in [0, 0.1) is 0 Å². The Kier molecular flexibility index (Phi) is 6.43. The monoisotopic (exact) mass is 461 g/mol. The van der Waals surface area contributed by atoms with Crippen LogP contribution in [0.4, 0.5) is 9.59 Å². The molecule has 13 nitrogen and oxygen atoms in total. The van der Waals surface area contributed by atoms with Crippen LogP contribution in [0.3, 0.4) is 0 Å². The smallest absolute Gasteiger partial charge is 0.418 e. The molecule has 0 aromatic carbocycles. The molecule has 0 aliphatic carbocycles. The summed E-state index contributed by atoms with van der Waals surface area (Å²) in [6, 6.07) is -1.69. The summed E-state index contributed by atoms with van der Waals surface area (Å²) >= 11 is 0. The number of hydrogen-bond donors (Lipinski definition) is 1. The van der Waals surface area contributed by atoms with Gasteiger partial charge in [-0.2, -0.15) is 13.5 Å². The number of rotatable bonds is 7. The highest BCUT2D eigenvalue weighted by Crippen LogP contribution is 2.38. The van der Waals surface area contributed by atoms with Gasteiger partial charge in [-0.1, -0.05) is 0 Å². The van der Waals surface area contributed by atoms with Crippen molar-refractivity contribution in [1.29, 1.82) is 0 Å². The van der Waals surface area contributed by atoms with Gasteiger partial charge >= 0.3 is 22.5 Å². The first-order valence-corrected chi connectivity index (χ1v) is 11.2. The van der Waals surface area contributed by atoms with Crippen LogP contribution in [0.15, 0.2) is 4.42 Å². The molecule has 0 spiro atoms. The average Bonchev–Trinajstić information content (AvgIpc) is 3.19. The number of amides is 3. The molecule has 31 heavy (non-hydrogen) atoms. The Balaban J connectivity index is 1.54. The molecule has 2 aliphatic heterocycles. The second-order valence-electron chi connectivity index (χ2n) is 8.55. The van der Waals surface area contributed by atoms with E-state index in [1.54, 1.807) is 27.8 Å². The van der Waals surface area contributed by atoms with E-state index < -0.39 is 40.2 Å². The summed E-state index contributed by atoms with van der Waals surface area (Å²) in [5.41, 5.74) is -0.569. The predicted octanol–water partition coefficient (Wildman–Crippen LogP) is 1.54. The highest BCUT2D eigenvalue weighted by molar-refractivity contribution is 7.80. The van der Waals surface area contributed by atoms with Crippen LogP contribution in [0.2, 0.25) is 0 Å². The van der Waals surface area contributed by atoms with E-state index in [0.29, 0.717) is 43.2 Å². The van der Waals surface area contributed by atoms with E-state index >= 15 is 0 Å².